The zero-order valence-corrected chi connectivity index (χ0v) is 14.1. The molecule has 0 radical (unpaired) electrons. The van der Waals surface area contributed by atoms with E-state index >= 15 is 0 Å². The number of aromatic nitrogens is 2. The van der Waals surface area contributed by atoms with E-state index in [1.807, 2.05) is 23.1 Å². The Hall–Kier alpha value is -2.17. The molecular weight excluding hydrogens is 302 g/mol. The molecule has 5 nitrogen and oxygen atoms in total. The van der Waals surface area contributed by atoms with Gasteiger partial charge in [0.2, 0.25) is 5.91 Å². The summed E-state index contributed by atoms with van der Waals surface area (Å²) in [4.78, 5) is 32.2. The third kappa shape index (κ3) is 2.83. The molecule has 0 unspecified atom stereocenters. The summed E-state index contributed by atoms with van der Waals surface area (Å²) >= 11 is 0. The molecule has 1 amide bonds. The van der Waals surface area contributed by atoms with Crippen LogP contribution in [-0.4, -0.2) is 33.4 Å². The van der Waals surface area contributed by atoms with Gasteiger partial charge in [0.1, 0.15) is 12.4 Å². The third-order valence-corrected chi connectivity index (χ3v) is 5.26. The number of fused-ring (bicyclic) bond motifs is 1. The summed E-state index contributed by atoms with van der Waals surface area (Å²) in [5, 5.41) is 0.599. The van der Waals surface area contributed by atoms with E-state index in [1.54, 1.807) is 10.6 Å². The molecule has 2 aliphatic rings. The Morgan fingerprint density at radius 3 is 2.58 bits per heavy atom. The lowest BCUT2D eigenvalue weighted by atomic mass is 9.99. The Kier molecular flexibility index (Phi) is 3.87. The van der Waals surface area contributed by atoms with Gasteiger partial charge >= 0.3 is 0 Å². The van der Waals surface area contributed by atoms with Crippen molar-refractivity contribution in [2.24, 2.45) is 5.92 Å². The van der Waals surface area contributed by atoms with Gasteiger partial charge in [-0.25, -0.2) is 4.98 Å². The lowest BCUT2D eigenvalue weighted by Crippen LogP contribution is -2.41. The van der Waals surface area contributed by atoms with Gasteiger partial charge in [0.15, 0.2) is 0 Å². The first-order valence-corrected chi connectivity index (χ1v) is 8.90. The minimum atomic E-state index is -0.0822. The van der Waals surface area contributed by atoms with Gasteiger partial charge in [0.25, 0.3) is 5.56 Å². The lowest BCUT2D eigenvalue weighted by molar-refractivity contribution is -0.133. The number of benzene rings is 1. The van der Waals surface area contributed by atoms with Crippen molar-refractivity contribution in [1.82, 2.24) is 14.5 Å². The Balaban J connectivity index is 1.67. The van der Waals surface area contributed by atoms with E-state index < -0.39 is 0 Å². The first-order valence-electron chi connectivity index (χ1n) is 8.90. The molecule has 1 aromatic heterocycles. The van der Waals surface area contributed by atoms with E-state index in [2.05, 4.69) is 6.92 Å². The zero-order chi connectivity index (χ0) is 16.7. The molecule has 0 spiro atoms. The van der Waals surface area contributed by atoms with Gasteiger partial charge in [-0.3, -0.25) is 14.2 Å². The van der Waals surface area contributed by atoms with Crippen molar-refractivity contribution in [2.75, 3.05) is 13.1 Å². The molecule has 1 aliphatic heterocycles. The molecule has 4 rings (SSSR count). The quantitative estimate of drug-likeness (QED) is 0.871. The number of hydrogen-bond donors (Lipinski definition) is 0. The molecule has 24 heavy (non-hydrogen) atoms. The predicted molar refractivity (Wildman–Crippen MR) is 93.0 cm³/mol. The second kappa shape index (κ2) is 6.04. The number of likely N-dealkylation sites (tertiary alicyclic amines) is 1. The molecule has 1 aromatic carbocycles. The van der Waals surface area contributed by atoms with Crippen LogP contribution in [0.25, 0.3) is 10.9 Å². The second-order valence-corrected chi connectivity index (χ2v) is 7.22. The number of rotatable bonds is 3. The Bertz CT molecular complexity index is 830. The summed E-state index contributed by atoms with van der Waals surface area (Å²) in [7, 11) is 0. The van der Waals surface area contributed by atoms with Gasteiger partial charge in [-0.1, -0.05) is 19.1 Å². The van der Waals surface area contributed by atoms with Crippen LogP contribution in [0.1, 0.15) is 44.3 Å². The fraction of sp³-hybridized carbons (Fsp3) is 0.526. The highest BCUT2D eigenvalue weighted by Gasteiger charge is 2.30. The lowest BCUT2D eigenvalue weighted by Gasteiger charge is -2.30. The smallest absolute Gasteiger partial charge is 0.261 e. The molecule has 1 aliphatic carbocycles. The Morgan fingerprint density at radius 1 is 1.17 bits per heavy atom. The average Bonchev–Trinajstić information content (AvgIpc) is 3.43. The first kappa shape index (κ1) is 15.4. The van der Waals surface area contributed by atoms with Crippen LogP contribution in [0.15, 0.2) is 29.1 Å². The zero-order valence-electron chi connectivity index (χ0n) is 14.1. The van der Waals surface area contributed by atoms with Crippen LogP contribution >= 0.6 is 0 Å². The van der Waals surface area contributed by atoms with Gasteiger partial charge in [0.05, 0.1) is 10.9 Å². The van der Waals surface area contributed by atoms with Crippen molar-refractivity contribution in [3.05, 3.63) is 40.4 Å². The average molecular weight is 325 g/mol. The standard InChI is InChI=1S/C19H23N3O2/c1-13-8-10-21(11-9-13)17(23)12-22-18(14-6-7-14)20-16-5-3-2-4-15(16)19(22)24/h2-5,13-14H,6-12H2,1H3. The van der Waals surface area contributed by atoms with Crippen LogP contribution in [0.2, 0.25) is 0 Å². The van der Waals surface area contributed by atoms with Gasteiger partial charge < -0.3 is 4.90 Å². The topological polar surface area (TPSA) is 55.2 Å². The van der Waals surface area contributed by atoms with Crippen molar-refractivity contribution < 1.29 is 4.79 Å². The van der Waals surface area contributed by atoms with Crippen LogP contribution < -0.4 is 5.56 Å². The molecule has 0 N–H and O–H groups in total. The highest BCUT2D eigenvalue weighted by atomic mass is 16.2. The summed E-state index contributed by atoms with van der Waals surface area (Å²) in [5.41, 5.74) is 0.654. The van der Waals surface area contributed by atoms with Crippen molar-refractivity contribution in [3.63, 3.8) is 0 Å². The summed E-state index contributed by atoms with van der Waals surface area (Å²) in [6, 6.07) is 7.42. The van der Waals surface area contributed by atoms with Gasteiger partial charge in [0, 0.05) is 19.0 Å². The van der Waals surface area contributed by atoms with Crippen LogP contribution in [0.5, 0.6) is 0 Å². The molecule has 1 saturated heterocycles. The van der Waals surface area contributed by atoms with E-state index in [-0.39, 0.29) is 18.0 Å². The van der Waals surface area contributed by atoms with E-state index in [0.29, 0.717) is 17.2 Å². The van der Waals surface area contributed by atoms with E-state index in [9.17, 15) is 9.59 Å². The van der Waals surface area contributed by atoms with E-state index in [0.717, 1.165) is 50.1 Å². The van der Waals surface area contributed by atoms with Gasteiger partial charge in [-0.15, -0.1) is 0 Å². The second-order valence-electron chi connectivity index (χ2n) is 7.22. The molecular formula is C19H23N3O2. The Labute approximate surface area is 141 Å². The number of carbonyl (C=O) groups excluding carboxylic acids is 1. The number of para-hydroxylation sites is 1. The number of hydrogen-bond acceptors (Lipinski definition) is 3. The maximum atomic E-state index is 12.9. The van der Waals surface area contributed by atoms with Crippen molar-refractivity contribution in [1.29, 1.82) is 0 Å². The maximum absolute atomic E-state index is 12.9. The fourth-order valence-electron chi connectivity index (χ4n) is 3.48. The molecule has 0 bridgehead atoms. The number of nitrogens with zero attached hydrogens (tertiary/aromatic N) is 3. The molecule has 5 heteroatoms. The number of amides is 1. The summed E-state index contributed by atoms with van der Waals surface area (Å²) in [5.74, 6) is 1.85. The van der Waals surface area contributed by atoms with Crippen LogP contribution in [-0.2, 0) is 11.3 Å². The minimum Gasteiger partial charge on any atom is -0.341 e. The first-order chi connectivity index (χ1) is 11.6. The highest BCUT2D eigenvalue weighted by molar-refractivity contribution is 5.79. The van der Waals surface area contributed by atoms with Crippen LogP contribution in [0, 0.1) is 5.92 Å². The van der Waals surface area contributed by atoms with E-state index in [4.69, 9.17) is 4.98 Å². The molecule has 2 fully saturated rings. The number of carbonyl (C=O) groups is 1. The largest absolute Gasteiger partial charge is 0.341 e. The number of piperidine rings is 1. The molecule has 2 aromatic rings. The van der Waals surface area contributed by atoms with Crippen molar-refractivity contribution >= 4 is 16.8 Å². The molecule has 2 heterocycles. The minimum absolute atomic E-state index is 0.0444. The molecule has 1 saturated carbocycles. The van der Waals surface area contributed by atoms with E-state index in [1.165, 1.54) is 0 Å². The molecule has 126 valence electrons. The monoisotopic (exact) mass is 325 g/mol. The van der Waals surface area contributed by atoms with Crippen molar-refractivity contribution in [3.8, 4) is 0 Å². The highest BCUT2D eigenvalue weighted by Crippen LogP contribution is 2.39. The SMILES string of the molecule is CC1CCN(C(=O)Cn2c(C3CC3)nc3ccccc3c2=O)CC1. The van der Waals surface area contributed by atoms with Gasteiger partial charge in [-0.05, 0) is 43.7 Å². The maximum Gasteiger partial charge on any atom is 0.261 e. The van der Waals surface area contributed by atoms with Crippen LogP contribution in [0.4, 0.5) is 0 Å². The van der Waals surface area contributed by atoms with Gasteiger partial charge in [-0.2, -0.15) is 0 Å². The van der Waals surface area contributed by atoms with Crippen molar-refractivity contribution in [2.45, 2.75) is 45.1 Å². The summed E-state index contributed by atoms with van der Waals surface area (Å²) in [6.07, 6.45) is 4.21. The van der Waals surface area contributed by atoms with Crippen LogP contribution in [0.3, 0.4) is 0 Å². The summed E-state index contributed by atoms with van der Waals surface area (Å²) < 4.78 is 1.63. The third-order valence-electron chi connectivity index (χ3n) is 5.26. The Morgan fingerprint density at radius 2 is 1.88 bits per heavy atom. The summed E-state index contributed by atoms with van der Waals surface area (Å²) in [6.45, 7) is 3.95. The normalized spacial score (nSPS) is 19.0. The molecule has 0 atom stereocenters. The fourth-order valence-corrected chi connectivity index (χ4v) is 3.48. The predicted octanol–water partition coefficient (Wildman–Crippen LogP) is 2.53.